The van der Waals surface area contributed by atoms with E-state index in [0.29, 0.717) is 38.3 Å². The summed E-state index contributed by atoms with van der Waals surface area (Å²) in [4.78, 5) is 20.3. The van der Waals surface area contributed by atoms with Gasteiger partial charge in [-0.05, 0) is 26.0 Å². The minimum absolute atomic E-state index is 0.192. The number of thioether (sulfide) groups is 1. The number of aromatic amines is 1. The number of para-hydroxylation sites is 1. The highest BCUT2D eigenvalue weighted by molar-refractivity contribution is 8.26. The normalized spacial score (nSPS) is 12.2. The molecule has 1 aromatic carbocycles. The first-order valence-electron chi connectivity index (χ1n) is 8.75. The number of aromatic nitrogens is 5. The van der Waals surface area contributed by atoms with Crippen LogP contribution in [-0.2, 0) is 0 Å². The van der Waals surface area contributed by atoms with Gasteiger partial charge in [-0.25, -0.2) is 19.9 Å². The van der Waals surface area contributed by atoms with E-state index in [9.17, 15) is 0 Å². The number of fused-ring (bicyclic) bond motifs is 2. The van der Waals surface area contributed by atoms with Crippen LogP contribution in [0.25, 0.3) is 22.1 Å². The van der Waals surface area contributed by atoms with Crippen molar-refractivity contribution in [3.05, 3.63) is 53.2 Å². The molecule has 0 fully saturated rings. The molecule has 0 bridgehead atoms. The average molecular weight is 425 g/mol. The first-order chi connectivity index (χ1) is 13.9. The molecule has 4 aromatic rings. The Morgan fingerprint density at radius 1 is 1.24 bits per heavy atom. The summed E-state index contributed by atoms with van der Waals surface area (Å²) in [5, 5.41) is 21.5. The second-order valence-electron chi connectivity index (χ2n) is 6.41. The number of H-pyrrole nitrogens is 1. The van der Waals surface area contributed by atoms with Crippen LogP contribution in [0.15, 0.2) is 36.9 Å². The number of benzene rings is 1. The van der Waals surface area contributed by atoms with E-state index in [4.69, 9.17) is 22.4 Å². The third-order valence-electron chi connectivity index (χ3n) is 4.34. The van der Waals surface area contributed by atoms with Gasteiger partial charge in [0.1, 0.15) is 22.6 Å². The Morgan fingerprint density at radius 2 is 2.07 bits per heavy atom. The summed E-state index contributed by atoms with van der Waals surface area (Å²) >= 11 is 7.38. The second-order valence-corrected chi connectivity index (χ2v) is 8.05. The van der Waals surface area contributed by atoms with Crippen molar-refractivity contribution >= 4 is 61.3 Å². The van der Waals surface area contributed by atoms with Gasteiger partial charge in [0.2, 0.25) is 0 Å². The molecule has 4 rings (SSSR count). The SMILES string of the molecule is CC(=N)SC(=N)c1nc2c(Cl)cccc2cc1[C@H](C)Nc1ncnc2nc[nH]c12. The molecule has 29 heavy (non-hydrogen) atoms. The van der Waals surface area contributed by atoms with Crippen molar-refractivity contribution in [2.24, 2.45) is 0 Å². The topological polar surface area (TPSA) is 127 Å². The van der Waals surface area contributed by atoms with Crippen molar-refractivity contribution in [1.29, 1.82) is 10.8 Å². The van der Waals surface area contributed by atoms with Crippen LogP contribution in [0.1, 0.15) is 31.1 Å². The van der Waals surface area contributed by atoms with Crippen molar-refractivity contribution in [3.63, 3.8) is 0 Å². The zero-order valence-electron chi connectivity index (χ0n) is 15.6. The third-order valence-corrected chi connectivity index (χ3v) is 5.35. The van der Waals surface area contributed by atoms with E-state index in [1.165, 1.54) is 6.33 Å². The van der Waals surface area contributed by atoms with E-state index in [-0.39, 0.29) is 11.1 Å². The number of nitrogens with zero attached hydrogens (tertiary/aromatic N) is 4. The molecule has 0 aliphatic rings. The molecule has 3 heterocycles. The van der Waals surface area contributed by atoms with E-state index in [1.54, 1.807) is 19.3 Å². The predicted octanol–water partition coefficient (Wildman–Crippen LogP) is 4.78. The van der Waals surface area contributed by atoms with Crippen LogP contribution in [0.4, 0.5) is 5.82 Å². The Kier molecular flexibility index (Phi) is 5.16. The van der Waals surface area contributed by atoms with Crippen molar-refractivity contribution < 1.29 is 0 Å². The van der Waals surface area contributed by atoms with E-state index < -0.39 is 0 Å². The maximum atomic E-state index is 8.47. The van der Waals surface area contributed by atoms with Crippen molar-refractivity contribution in [3.8, 4) is 0 Å². The van der Waals surface area contributed by atoms with Gasteiger partial charge in [0.15, 0.2) is 11.5 Å². The Balaban J connectivity index is 1.81. The Bertz CT molecular complexity index is 1250. The number of anilines is 1. The van der Waals surface area contributed by atoms with Crippen molar-refractivity contribution in [2.45, 2.75) is 19.9 Å². The number of hydrogen-bond acceptors (Lipinski definition) is 8. The standard InChI is InChI=1S/C19H17ClN8S/c1-9(27-19-16-18(24-7-23-16)25-8-26-19)12-6-11-4-3-5-13(20)14(11)28-15(12)17(22)29-10(2)21/h3-9,21-22H,1-2H3,(H2,23,24,25,26,27)/t9-/m0/s1. The number of hydrogen-bond donors (Lipinski definition) is 4. The van der Waals surface area contributed by atoms with Crippen LogP contribution in [0.5, 0.6) is 0 Å². The molecule has 0 spiro atoms. The number of nitrogens with one attached hydrogen (secondary N) is 4. The van der Waals surface area contributed by atoms with Gasteiger partial charge in [0.25, 0.3) is 0 Å². The quantitative estimate of drug-likeness (QED) is 0.275. The minimum atomic E-state index is -0.228. The van der Waals surface area contributed by atoms with Crippen LogP contribution < -0.4 is 5.32 Å². The fourth-order valence-corrected chi connectivity index (χ4v) is 3.84. The van der Waals surface area contributed by atoms with Crippen LogP contribution in [-0.4, -0.2) is 35.0 Å². The van der Waals surface area contributed by atoms with Crippen LogP contribution >= 0.6 is 23.4 Å². The average Bonchev–Trinajstić information content (AvgIpc) is 3.16. The monoisotopic (exact) mass is 424 g/mol. The summed E-state index contributed by atoms with van der Waals surface area (Å²) in [6.07, 6.45) is 3.02. The molecule has 0 radical (unpaired) electrons. The van der Waals surface area contributed by atoms with Crippen molar-refractivity contribution in [1.82, 2.24) is 24.9 Å². The van der Waals surface area contributed by atoms with Crippen LogP contribution in [0, 0.1) is 10.8 Å². The molecular weight excluding hydrogens is 408 g/mol. The largest absolute Gasteiger partial charge is 0.362 e. The lowest BCUT2D eigenvalue weighted by molar-refractivity contribution is 0.867. The summed E-state index contributed by atoms with van der Waals surface area (Å²) < 4.78 is 0. The van der Waals surface area contributed by atoms with E-state index >= 15 is 0 Å². The minimum Gasteiger partial charge on any atom is -0.362 e. The highest BCUT2D eigenvalue weighted by Crippen LogP contribution is 2.31. The van der Waals surface area contributed by atoms with E-state index in [0.717, 1.165) is 22.7 Å². The van der Waals surface area contributed by atoms with Gasteiger partial charge >= 0.3 is 0 Å². The summed E-state index contributed by atoms with van der Waals surface area (Å²) in [7, 11) is 0. The Morgan fingerprint density at radius 3 is 2.86 bits per heavy atom. The molecule has 3 aromatic heterocycles. The summed E-state index contributed by atoms with van der Waals surface area (Å²) in [6, 6.07) is 7.32. The molecule has 0 saturated heterocycles. The van der Waals surface area contributed by atoms with E-state index in [2.05, 4.69) is 30.2 Å². The maximum Gasteiger partial charge on any atom is 0.182 e. The molecule has 0 aliphatic carbocycles. The highest BCUT2D eigenvalue weighted by Gasteiger charge is 2.20. The first-order valence-corrected chi connectivity index (χ1v) is 9.95. The molecule has 0 saturated carbocycles. The van der Waals surface area contributed by atoms with Gasteiger partial charge in [0.05, 0.1) is 28.0 Å². The molecular formula is C19H17ClN8S. The fraction of sp³-hybridized carbons (Fsp3) is 0.158. The summed E-state index contributed by atoms with van der Waals surface area (Å²) in [5.74, 6) is 0.611. The van der Waals surface area contributed by atoms with Gasteiger partial charge in [-0.1, -0.05) is 35.5 Å². The summed E-state index contributed by atoms with van der Waals surface area (Å²) in [6.45, 7) is 3.61. The molecule has 1 atom stereocenters. The van der Waals surface area contributed by atoms with Crippen molar-refractivity contribution in [2.75, 3.05) is 5.32 Å². The third kappa shape index (κ3) is 3.79. The zero-order valence-corrected chi connectivity index (χ0v) is 17.2. The van der Waals surface area contributed by atoms with Gasteiger partial charge in [-0.2, -0.15) is 0 Å². The maximum absolute atomic E-state index is 8.47. The Labute approximate surface area is 175 Å². The molecule has 146 valence electrons. The Hall–Kier alpha value is -3.04. The molecule has 4 N–H and O–H groups in total. The lowest BCUT2D eigenvalue weighted by Crippen LogP contribution is -2.15. The number of rotatable bonds is 4. The molecule has 8 nitrogen and oxygen atoms in total. The predicted molar refractivity (Wildman–Crippen MR) is 118 cm³/mol. The zero-order chi connectivity index (χ0) is 20.5. The second kappa shape index (κ2) is 7.76. The molecule has 0 unspecified atom stereocenters. The lowest BCUT2D eigenvalue weighted by Gasteiger charge is -2.19. The van der Waals surface area contributed by atoms with Crippen LogP contribution in [0.3, 0.4) is 0 Å². The van der Waals surface area contributed by atoms with Gasteiger partial charge in [0, 0.05) is 10.9 Å². The van der Waals surface area contributed by atoms with Crippen LogP contribution in [0.2, 0.25) is 5.02 Å². The molecule has 0 aliphatic heterocycles. The van der Waals surface area contributed by atoms with E-state index in [1.807, 2.05) is 25.1 Å². The van der Waals surface area contributed by atoms with Gasteiger partial charge in [-0.3, -0.25) is 10.8 Å². The smallest absolute Gasteiger partial charge is 0.182 e. The van der Waals surface area contributed by atoms with Gasteiger partial charge in [-0.15, -0.1) is 0 Å². The molecule has 10 heteroatoms. The summed E-state index contributed by atoms with van der Waals surface area (Å²) in [5.41, 5.74) is 3.20. The number of halogens is 1. The molecule has 0 amide bonds. The first kappa shape index (κ1) is 19.3. The highest BCUT2D eigenvalue weighted by atomic mass is 35.5. The number of imidazole rings is 1. The van der Waals surface area contributed by atoms with Gasteiger partial charge < -0.3 is 10.3 Å². The number of pyridine rings is 1. The fourth-order valence-electron chi connectivity index (χ4n) is 3.05. The lowest BCUT2D eigenvalue weighted by atomic mass is 10.0.